The van der Waals surface area contributed by atoms with E-state index in [0.717, 1.165) is 17.5 Å². The van der Waals surface area contributed by atoms with E-state index in [-0.39, 0.29) is 0 Å². The van der Waals surface area contributed by atoms with Crippen LogP contribution in [0.5, 0.6) is 0 Å². The Labute approximate surface area is 110 Å². The summed E-state index contributed by atoms with van der Waals surface area (Å²) in [6.07, 6.45) is 1.25. The number of rotatable bonds is 8. The normalized spacial score (nSPS) is 14.7. The third kappa shape index (κ3) is 5.87. The zero-order valence-corrected chi connectivity index (χ0v) is 14.1. The molecule has 1 unspecified atom stereocenters. The maximum Gasteiger partial charge on any atom is 0.0893 e. The quantitative estimate of drug-likeness (QED) is 0.583. The Balaban J connectivity index is 4.89. The first-order valence-electron chi connectivity index (χ1n) is 7.12. The molecule has 0 N–H and O–H groups in total. The summed E-state index contributed by atoms with van der Waals surface area (Å²) >= 11 is 0. The second-order valence-corrected chi connectivity index (χ2v) is 11.4. The number of hydrogen-bond acceptors (Lipinski definition) is 1. The molecule has 2 heteroatoms. The fraction of sp³-hybridized carbons (Fsp3) is 0.867. The highest BCUT2D eigenvalue weighted by molar-refractivity contribution is 6.83. The lowest BCUT2D eigenvalue weighted by Crippen LogP contribution is -2.53. The minimum Gasteiger partial charge on any atom is -0.302 e. The maximum absolute atomic E-state index is 4.08. The molecule has 0 heterocycles. The van der Waals surface area contributed by atoms with Crippen LogP contribution in [0, 0.1) is 11.8 Å². The summed E-state index contributed by atoms with van der Waals surface area (Å²) in [5, 5.41) is 0. The molecule has 0 saturated carbocycles. The minimum atomic E-state index is -1.31. The predicted octanol–water partition coefficient (Wildman–Crippen LogP) is 4.35. The highest BCUT2D eigenvalue weighted by Gasteiger charge is 2.32. The van der Waals surface area contributed by atoms with Gasteiger partial charge in [-0.3, -0.25) is 0 Å². The van der Waals surface area contributed by atoms with E-state index < -0.39 is 8.07 Å². The van der Waals surface area contributed by atoms with E-state index in [9.17, 15) is 0 Å². The van der Waals surface area contributed by atoms with Gasteiger partial charge in [0.2, 0.25) is 0 Å². The third-order valence-corrected chi connectivity index (χ3v) is 6.95. The molecular weight excluding hydrogens is 222 g/mol. The van der Waals surface area contributed by atoms with Crippen LogP contribution < -0.4 is 0 Å². The molecular formula is C15H33NSi. The molecule has 17 heavy (non-hydrogen) atoms. The van der Waals surface area contributed by atoms with Gasteiger partial charge in [0.1, 0.15) is 0 Å². The molecule has 1 atom stereocenters. The third-order valence-electron chi connectivity index (χ3n) is 3.41. The standard InChI is InChI=1S/C15H33NSi/c1-9-15(17(7,8)10-2)16(11-13(3)4)12-14(5)6/h10,13-15H,2,9,11-12H2,1,3-8H3. The first-order chi connectivity index (χ1) is 7.74. The molecule has 0 saturated heterocycles. The van der Waals surface area contributed by atoms with Gasteiger partial charge < -0.3 is 4.90 Å². The van der Waals surface area contributed by atoms with E-state index in [4.69, 9.17) is 0 Å². The molecule has 1 nitrogen and oxygen atoms in total. The molecule has 0 aliphatic rings. The van der Waals surface area contributed by atoms with E-state index in [2.05, 4.69) is 64.9 Å². The van der Waals surface area contributed by atoms with Crippen molar-refractivity contribution in [3.8, 4) is 0 Å². The van der Waals surface area contributed by atoms with Gasteiger partial charge in [-0.15, -0.1) is 12.3 Å². The molecule has 0 fully saturated rings. The van der Waals surface area contributed by atoms with Crippen molar-refractivity contribution in [2.75, 3.05) is 13.1 Å². The lowest BCUT2D eigenvalue weighted by Gasteiger charge is -2.41. The van der Waals surface area contributed by atoms with E-state index in [0.29, 0.717) is 0 Å². The molecule has 0 aromatic rings. The monoisotopic (exact) mass is 255 g/mol. The summed E-state index contributed by atoms with van der Waals surface area (Å²) in [7, 11) is -1.31. The predicted molar refractivity (Wildman–Crippen MR) is 83.0 cm³/mol. The van der Waals surface area contributed by atoms with Crippen LogP contribution in [0.2, 0.25) is 13.1 Å². The Bertz CT molecular complexity index is 211. The van der Waals surface area contributed by atoms with E-state index in [1.165, 1.54) is 19.5 Å². The smallest absolute Gasteiger partial charge is 0.0893 e. The highest BCUT2D eigenvalue weighted by atomic mass is 28.3. The van der Waals surface area contributed by atoms with Crippen molar-refractivity contribution >= 4 is 8.07 Å². The van der Waals surface area contributed by atoms with Gasteiger partial charge in [0, 0.05) is 18.8 Å². The molecule has 0 bridgehead atoms. The Morgan fingerprint density at radius 2 is 1.47 bits per heavy atom. The highest BCUT2D eigenvalue weighted by Crippen LogP contribution is 2.21. The van der Waals surface area contributed by atoms with Gasteiger partial charge in [-0.05, 0) is 18.3 Å². The van der Waals surface area contributed by atoms with Crippen molar-refractivity contribution in [3.05, 3.63) is 12.3 Å². The molecule has 0 aromatic carbocycles. The molecule has 0 rings (SSSR count). The molecule has 0 aliphatic heterocycles. The van der Waals surface area contributed by atoms with Crippen LogP contribution in [0.15, 0.2) is 12.3 Å². The SMILES string of the molecule is C=C[Si](C)(C)C(CC)N(CC(C)C)CC(C)C. The van der Waals surface area contributed by atoms with Gasteiger partial charge in [0.25, 0.3) is 0 Å². The summed E-state index contributed by atoms with van der Waals surface area (Å²) in [5.41, 5.74) is 3.00. The lowest BCUT2D eigenvalue weighted by molar-refractivity contribution is 0.191. The Hall–Kier alpha value is -0.0831. The minimum absolute atomic E-state index is 0.741. The van der Waals surface area contributed by atoms with Crippen molar-refractivity contribution in [2.45, 2.75) is 59.8 Å². The van der Waals surface area contributed by atoms with Gasteiger partial charge in [-0.25, -0.2) is 0 Å². The van der Waals surface area contributed by atoms with E-state index in [1.54, 1.807) is 0 Å². The van der Waals surface area contributed by atoms with Gasteiger partial charge in [-0.1, -0.05) is 47.7 Å². The zero-order chi connectivity index (χ0) is 13.6. The van der Waals surface area contributed by atoms with Crippen LogP contribution in [0.1, 0.15) is 41.0 Å². The van der Waals surface area contributed by atoms with Gasteiger partial charge in [-0.2, -0.15) is 0 Å². The van der Waals surface area contributed by atoms with Gasteiger partial charge in [0.05, 0.1) is 8.07 Å². The molecule has 0 aromatic heterocycles. The summed E-state index contributed by atoms with van der Waals surface area (Å²) in [4.78, 5) is 2.73. The van der Waals surface area contributed by atoms with Crippen molar-refractivity contribution in [3.63, 3.8) is 0 Å². The fourth-order valence-electron chi connectivity index (χ4n) is 2.66. The molecule has 102 valence electrons. The Morgan fingerprint density at radius 1 is 1.06 bits per heavy atom. The van der Waals surface area contributed by atoms with E-state index >= 15 is 0 Å². The average Bonchev–Trinajstić information content (AvgIpc) is 2.16. The second kappa shape index (κ2) is 7.37. The summed E-state index contributed by atoms with van der Waals surface area (Å²) < 4.78 is 0. The van der Waals surface area contributed by atoms with Crippen molar-refractivity contribution in [2.24, 2.45) is 11.8 Å². The topological polar surface area (TPSA) is 3.24 Å². The zero-order valence-electron chi connectivity index (χ0n) is 13.1. The van der Waals surface area contributed by atoms with Gasteiger partial charge in [0.15, 0.2) is 0 Å². The molecule has 0 amide bonds. The lowest BCUT2D eigenvalue weighted by atomic mass is 10.1. The Kier molecular flexibility index (Phi) is 7.34. The number of nitrogens with zero attached hydrogens (tertiary/aromatic N) is 1. The molecule has 0 spiro atoms. The van der Waals surface area contributed by atoms with Crippen LogP contribution in [-0.2, 0) is 0 Å². The van der Waals surface area contributed by atoms with Crippen LogP contribution in [-0.4, -0.2) is 31.7 Å². The van der Waals surface area contributed by atoms with Gasteiger partial charge >= 0.3 is 0 Å². The van der Waals surface area contributed by atoms with Crippen LogP contribution >= 0.6 is 0 Å². The maximum atomic E-state index is 4.08. The molecule has 0 aliphatic carbocycles. The largest absolute Gasteiger partial charge is 0.302 e. The first-order valence-corrected chi connectivity index (χ1v) is 10.3. The number of hydrogen-bond donors (Lipinski definition) is 0. The van der Waals surface area contributed by atoms with Crippen LogP contribution in [0.3, 0.4) is 0 Å². The first kappa shape index (κ1) is 16.9. The Morgan fingerprint density at radius 3 is 1.71 bits per heavy atom. The fourth-order valence-corrected chi connectivity index (χ4v) is 5.13. The second-order valence-electron chi connectivity index (χ2n) is 6.69. The average molecular weight is 256 g/mol. The van der Waals surface area contributed by atoms with Crippen molar-refractivity contribution in [1.82, 2.24) is 4.90 Å². The van der Waals surface area contributed by atoms with Crippen LogP contribution in [0.25, 0.3) is 0 Å². The molecule has 0 radical (unpaired) electrons. The summed E-state index contributed by atoms with van der Waals surface area (Å²) in [6, 6.07) is 0. The van der Waals surface area contributed by atoms with Crippen molar-refractivity contribution in [1.29, 1.82) is 0 Å². The summed E-state index contributed by atoms with van der Waals surface area (Å²) in [6.45, 7) is 23.0. The van der Waals surface area contributed by atoms with Crippen LogP contribution in [0.4, 0.5) is 0 Å². The van der Waals surface area contributed by atoms with E-state index in [1.807, 2.05) is 0 Å². The van der Waals surface area contributed by atoms with Crippen molar-refractivity contribution < 1.29 is 0 Å². The summed E-state index contributed by atoms with van der Waals surface area (Å²) in [5.74, 6) is 1.50.